The number of piperidine rings is 1. The fourth-order valence-corrected chi connectivity index (χ4v) is 4.47. The zero-order valence-electron chi connectivity index (χ0n) is 15.4. The summed E-state index contributed by atoms with van der Waals surface area (Å²) in [5.41, 5.74) is 2.75. The molecule has 1 saturated heterocycles. The SMILES string of the molecule is CC1CCc2ccccc2N1CCC(=O)NC1CCN(C2CC2)CC1. The van der Waals surface area contributed by atoms with Crippen molar-refractivity contribution in [3.8, 4) is 0 Å². The summed E-state index contributed by atoms with van der Waals surface area (Å²) in [5.74, 6) is 0.222. The van der Waals surface area contributed by atoms with Crippen LogP contribution >= 0.6 is 0 Å². The van der Waals surface area contributed by atoms with E-state index in [0.717, 1.165) is 44.9 Å². The van der Waals surface area contributed by atoms with E-state index in [1.54, 1.807) is 0 Å². The molecule has 1 aliphatic carbocycles. The van der Waals surface area contributed by atoms with E-state index in [0.29, 0.717) is 18.5 Å². The van der Waals surface area contributed by atoms with Crippen LogP contribution in [0, 0.1) is 0 Å². The van der Waals surface area contributed by atoms with Crippen LogP contribution in [-0.2, 0) is 11.2 Å². The van der Waals surface area contributed by atoms with E-state index in [1.807, 2.05) is 0 Å². The molecule has 4 heteroatoms. The molecular formula is C21H31N3O. The molecule has 2 aliphatic heterocycles. The van der Waals surface area contributed by atoms with Gasteiger partial charge in [-0.3, -0.25) is 4.79 Å². The Morgan fingerprint density at radius 3 is 2.64 bits per heavy atom. The third-order valence-corrected chi connectivity index (χ3v) is 6.20. The van der Waals surface area contributed by atoms with Crippen molar-refractivity contribution >= 4 is 11.6 Å². The summed E-state index contributed by atoms with van der Waals surface area (Å²) in [6.45, 7) is 5.42. The van der Waals surface area contributed by atoms with Gasteiger partial charge in [0.15, 0.2) is 0 Å². The molecule has 0 spiro atoms. The Labute approximate surface area is 151 Å². The van der Waals surface area contributed by atoms with Gasteiger partial charge in [-0.15, -0.1) is 0 Å². The van der Waals surface area contributed by atoms with Gasteiger partial charge in [0, 0.05) is 49.9 Å². The molecule has 136 valence electrons. The third-order valence-electron chi connectivity index (χ3n) is 6.20. The summed E-state index contributed by atoms with van der Waals surface area (Å²) in [7, 11) is 0. The second kappa shape index (κ2) is 7.36. The van der Waals surface area contributed by atoms with Crippen LogP contribution in [0.5, 0.6) is 0 Å². The van der Waals surface area contributed by atoms with E-state index in [1.165, 1.54) is 30.5 Å². The molecule has 25 heavy (non-hydrogen) atoms. The summed E-state index contributed by atoms with van der Waals surface area (Å²) in [5, 5.41) is 3.28. The van der Waals surface area contributed by atoms with E-state index in [-0.39, 0.29) is 5.91 Å². The number of carbonyl (C=O) groups is 1. The summed E-state index contributed by atoms with van der Waals surface area (Å²) < 4.78 is 0. The van der Waals surface area contributed by atoms with Crippen molar-refractivity contribution in [2.45, 2.75) is 70.0 Å². The first-order chi connectivity index (χ1) is 12.2. The molecule has 1 amide bonds. The van der Waals surface area contributed by atoms with Gasteiger partial charge in [-0.25, -0.2) is 0 Å². The van der Waals surface area contributed by atoms with Gasteiger partial charge in [0.1, 0.15) is 0 Å². The Kier molecular flexibility index (Phi) is 4.98. The highest BCUT2D eigenvalue weighted by Crippen LogP contribution is 2.31. The van der Waals surface area contributed by atoms with Crippen LogP contribution in [0.1, 0.15) is 51.0 Å². The van der Waals surface area contributed by atoms with Gasteiger partial charge < -0.3 is 15.1 Å². The Morgan fingerprint density at radius 1 is 1.12 bits per heavy atom. The van der Waals surface area contributed by atoms with Crippen LogP contribution in [0.3, 0.4) is 0 Å². The van der Waals surface area contributed by atoms with Gasteiger partial charge in [-0.05, 0) is 57.1 Å². The fraction of sp³-hybridized carbons (Fsp3) is 0.667. The normalized spacial score (nSPS) is 24.8. The monoisotopic (exact) mass is 341 g/mol. The lowest BCUT2D eigenvalue weighted by Crippen LogP contribution is -2.46. The molecule has 1 aromatic rings. The summed E-state index contributed by atoms with van der Waals surface area (Å²) >= 11 is 0. The maximum absolute atomic E-state index is 12.4. The van der Waals surface area contributed by atoms with Gasteiger partial charge >= 0.3 is 0 Å². The Hall–Kier alpha value is -1.55. The first kappa shape index (κ1) is 16.9. The van der Waals surface area contributed by atoms with Crippen molar-refractivity contribution in [1.29, 1.82) is 0 Å². The van der Waals surface area contributed by atoms with Crippen LogP contribution in [0.15, 0.2) is 24.3 Å². The molecular weight excluding hydrogens is 310 g/mol. The molecule has 0 aromatic heterocycles. The Balaban J connectivity index is 1.26. The first-order valence-corrected chi connectivity index (χ1v) is 10.1. The standard InChI is InChI=1S/C21H31N3O/c1-16-6-7-17-4-2-3-5-20(17)24(16)15-12-21(25)22-18-10-13-23(14-11-18)19-8-9-19/h2-5,16,18-19H,6-15H2,1H3,(H,22,25). The number of hydrogen-bond donors (Lipinski definition) is 1. The van der Waals surface area contributed by atoms with Crippen molar-refractivity contribution < 1.29 is 4.79 Å². The highest BCUT2D eigenvalue weighted by Gasteiger charge is 2.32. The summed E-state index contributed by atoms with van der Waals surface area (Å²) in [6.07, 6.45) is 7.93. The molecule has 1 unspecified atom stereocenters. The summed E-state index contributed by atoms with van der Waals surface area (Å²) in [4.78, 5) is 17.5. The number of anilines is 1. The molecule has 4 nitrogen and oxygen atoms in total. The Bertz CT molecular complexity index is 605. The van der Waals surface area contributed by atoms with Crippen LogP contribution in [0.4, 0.5) is 5.69 Å². The number of nitrogens with zero attached hydrogens (tertiary/aromatic N) is 2. The average Bonchev–Trinajstić information content (AvgIpc) is 3.47. The van der Waals surface area contributed by atoms with E-state index in [9.17, 15) is 4.79 Å². The molecule has 4 rings (SSSR count). The molecule has 0 radical (unpaired) electrons. The fourth-order valence-electron chi connectivity index (χ4n) is 4.47. The van der Waals surface area contributed by atoms with E-state index in [4.69, 9.17) is 0 Å². The number of carbonyl (C=O) groups excluding carboxylic acids is 1. The minimum absolute atomic E-state index is 0.222. The van der Waals surface area contributed by atoms with Crippen LogP contribution in [0.2, 0.25) is 0 Å². The topological polar surface area (TPSA) is 35.6 Å². The van der Waals surface area contributed by atoms with Gasteiger partial charge in [0.25, 0.3) is 0 Å². The van der Waals surface area contributed by atoms with Crippen molar-refractivity contribution in [3.63, 3.8) is 0 Å². The average molecular weight is 341 g/mol. The van der Waals surface area contributed by atoms with Gasteiger partial charge in [0.05, 0.1) is 0 Å². The van der Waals surface area contributed by atoms with Gasteiger partial charge in [0.2, 0.25) is 5.91 Å². The second-order valence-electron chi connectivity index (χ2n) is 8.07. The number of hydrogen-bond acceptors (Lipinski definition) is 3. The number of rotatable bonds is 5. The van der Waals surface area contributed by atoms with E-state index in [2.05, 4.69) is 46.3 Å². The van der Waals surface area contributed by atoms with Gasteiger partial charge in [-0.2, -0.15) is 0 Å². The molecule has 1 aromatic carbocycles. The molecule has 1 N–H and O–H groups in total. The molecule has 2 fully saturated rings. The summed E-state index contributed by atoms with van der Waals surface area (Å²) in [6, 6.07) is 10.4. The quantitative estimate of drug-likeness (QED) is 0.894. The van der Waals surface area contributed by atoms with Crippen LogP contribution in [-0.4, -0.2) is 48.6 Å². The maximum Gasteiger partial charge on any atom is 0.221 e. The van der Waals surface area contributed by atoms with Crippen molar-refractivity contribution in [2.24, 2.45) is 0 Å². The highest BCUT2D eigenvalue weighted by atomic mass is 16.1. The number of fused-ring (bicyclic) bond motifs is 1. The molecule has 0 bridgehead atoms. The Morgan fingerprint density at radius 2 is 1.88 bits per heavy atom. The lowest BCUT2D eigenvalue weighted by molar-refractivity contribution is -0.121. The zero-order chi connectivity index (χ0) is 17.2. The predicted octanol–water partition coefficient (Wildman–Crippen LogP) is 2.96. The number of aryl methyl sites for hydroxylation is 1. The second-order valence-corrected chi connectivity index (χ2v) is 8.07. The van der Waals surface area contributed by atoms with Crippen LogP contribution < -0.4 is 10.2 Å². The largest absolute Gasteiger partial charge is 0.368 e. The lowest BCUT2D eigenvalue weighted by Gasteiger charge is -2.37. The molecule has 3 aliphatic rings. The number of nitrogens with one attached hydrogen (secondary N) is 1. The first-order valence-electron chi connectivity index (χ1n) is 10.1. The predicted molar refractivity (Wildman–Crippen MR) is 102 cm³/mol. The smallest absolute Gasteiger partial charge is 0.221 e. The number of benzene rings is 1. The third kappa shape index (κ3) is 4.00. The number of amides is 1. The van der Waals surface area contributed by atoms with E-state index >= 15 is 0 Å². The molecule has 1 saturated carbocycles. The zero-order valence-corrected chi connectivity index (χ0v) is 15.4. The highest BCUT2D eigenvalue weighted by molar-refractivity contribution is 5.77. The van der Waals surface area contributed by atoms with Crippen molar-refractivity contribution in [2.75, 3.05) is 24.5 Å². The minimum atomic E-state index is 0.222. The number of para-hydroxylation sites is 1. The van der Waals surface area contributed by atoms with E-state index < -0.39 is 0 Å². The van der Waals surface area contributed by atoms with Crippen LogP contribution in [0.25, 0.3) is 0 Å². The lowest BCUT2D eigenvalue weighted by atomic mass is 9.96. The minimum Gasteiger partial charge on any atom is -0.368 e. The maximum atomic E-state index is 12.4. The number of likely N-dealkylation sites (tertiary alicyclic amines) is 1. The molecule has 2 heterocycles. The van der Waals surface area contributed by atoms with Gasteiger partial charge in [-0.1, -0.05) is 18.2 Å². The van der Waals surface area contributed by atoms with Crippen molar-refractivity contribution in [1.82, 2.24) is 10.2 Å². The molecule has 1 atom stereocenters. The van der Waals surface area contributed by atoms with Crippen molar-refractivity contribution in [3.05, 3.63) is 29.8 Å².